The van der Waals surface area contributed by atoms with Crippen LogP contribution in [0.25, 0.3) is 0 Å². The van der Waals surface area contributed by atoms with Gasteiger partial charge in [0, 0.05) is 6.42 Å². The average Bonchev–Trinajstić information content (AvgIpc) is 3.26. The molecule has 3 atom stereocenters. The fourth-order valence-electron chi connectivity index (χ4n) is 8.44. The summed E-state index contributed by atoms with van der Waals surface area (Å²) in [6.07, 6.45) is 59.9. The molecule has 0 saturated carbocycles. The summed E-state index contributed by atoms with van der Waals surface area (Å²) in [6.45, 7) is 4.64. The van der Waals surface area contributed by atoms with E-state index in [1.165, 1.54) is 205 Å². The molecule has 8 nitrogen and oxygen atoms in total. The van der Waals surface area contributed by atoms with Crippen molar-refractivity contribution in [3.05, 3.63) is 24.3 Å². The Morgan fingerprint density at radius 1 is 0.523 bits per heavy atom. The molecule has 0 aliphatic heterocycles. The number of aliphatic hydroxyl groups is 1. The van der Waals surface area contributed by atoms with E-state index in [-0.39, 0.29) is 19.1 Å². The number of hydrogen-bond acceptors (Lipinski definition) is 6. The summed E-state index contributed by atoms with van der Waals surface area (Å²) in [5.74, 6) is -0.205. The number of nitrogens with zero attached hydrogens (tertiary/aromatic N) is 1. The van der Waals surface area contributed by atoms with Gasteiger partial charge in [-0.25, -0.2) is 0 Å². The molecule has 9 heteroatoms. The smallest absolute Gasteiger partial charge is 0.268 e. The molecule has 0 spiro atoms. The van der Waals surface area contributed by atoms with Gasteiger partial charge in [0.15, 0.2) is 0 Å². The Balaban J connectivity index is 4.05. The number of allylic oxidation sites excluding steroid dienone is 3. The minimum atomic E-state index is -4.59. The molecular formula is C56H111N2O6P. The highest BCUT2D eigenvalue weighted by molar-refractivity contribution is 7.45. The van der Waals surface area contributed by atoms with Crippen molar-refractivity contribution in [3.63, 3.8) is 0 Å². The Kier molecular flexibility index (Phi) is 47.3. The predicted molar refractivity (Wildman–Crippen MR) is 279 cm³/mol. The van der Waals surface area contributed by atoms with Crippen molar-refractivity contribution in [2.75, 3.05) is 40.9 Å². The standard InChI is InChI=1S/C56H111N2O6P/c1-6-8-10-12-14-16-18-20-21-22-23-24-25-26-27-28-29-30-31-32-33-34-35-36-37-38-39-41-43-45-47-49-55(59)54(53-64-65(61,62)63-52-51-58(3,4)5)57-56(60)50-48-46-44-42-40-19-17-15-13-11-9-7-2/h15,17,47,49,54-55,59H,6-14,16,18-46,48,50-53H2,1-5H3,(H-,57,60,61,62)/b17-15-,49-47+. The van der Waals surface area contributed by atoms with Gasteiger partial charge < -0.3 is 28.8 Å². The first-order valence-electron chi connectivity index (χ1n) is 28.2. The lowest BCUT2D eigenvalue weighted by Crippen LogP contribution is -2.45. The van der Waals surface area contributed by atoms with Gasteiger partial charge >= 0.3 is 0 Å². The first-order valence-corrected chi connectivity index (χ1v) is 29.7. The van der Waals surface area contributed by atoms with Gasteiger partial charge in [-0.1, -0.05) is 250 Å². The molecule has 0 saturated heterocycles. The molecule has 0 aromatic rings. The number of aliphatic hydroxyl groups excluding tert-OH is 1. The third kappa shape index (κ3) is 50.7. The van der Waals surface area contributed by atoms with Gasteiger partial charge in [0.05, 0.1) is 39.9 Å². The fraction of sp³-hybridized carbons (Fsp3) is 0.911. The summed E-state index contributed by atoms with van der Waals surface area (Å²) in [6, 6.07) is -0.888. The number of phosphoric ester groups is 1. The van der Waals surface area contributed by atoms with E-state index in [0.29, 0.717) is 17.4 Å². The zero-order valence-electron chi connectivity index (χ0n) is 44.0. The first kappa shape index (κ1) is 64.0. The number of rotatable bonds is 52. The van der Waals surface area contributed by atoms with Crippen LogP contribution in [-0.4, -0.2) is 68.5 Å². The second-order valence-electron chi connectivity index (χ2n) is 20.6. The van der Waals surface area contributed by atoms with Crippen molar-refractivity contribution in [1.29, 1.82) is 0 Å². The molecule has 0 rings (SSSR count). The average molecular weight is 939 g/mol. The Labute approximate surface area is 404 Å². The zero-order chi connectivity index (χ0) is 47.8. The van der Waals surface area contributed by atoms with Gasteiger partial charge in [-0.2, -0.15) is 0 Å². The van der Waals surface area contributed by atoms with Crippen molar-refractivity contribution in [3.8, 4) is 0 Å². The van der Waals surface area contributed by atoms with Gasteiger partial charge in [-0.15, -0.1) is 0 Å². The lowest BCUT2D eigenvalue weighted by molar-refractivity contribution is -0.870. The van der Waals surface area contributed by atoms with E-state index >= 15 is 0 Å². The number of carbonyl (C=O) groups is 1. The third-order valence-electron chi connectivity index (χ3n) is 12.9. The van der Waals surface area contributed by atoms with Crippen LogP contribution in [0.15, 0.2) is 24.3 Å². The Hall–Kier alpha value is -1.02. The van der Waals surface area contributed by atoms with Crippen LogP contribution in [0, 0.1) is 0 Å². The molecular weight excluding hydrogens is 828 g/mol. The van der Waals surface area contributed by atoms with Crippen molar-refractivity contribution >= 4 is 13.7 Å². The highest BCUT2D eigenvalue weighted by atomic mass is 31.2. The van der Waals surface area contributed by atoms with Crippen LogP contribution < -0.4 is 10.2 Å². The predicted octanol–water partition coefficient (Wildman–Crippen LogP) is 16.2. The van der Waals surface area contributed by atoms with Gasteiger partial charge in [0.25, 0.3) is 7.82 Å². The number of unbranched alkanes of at least 4 members (excludes halogenated alkanes) is 37. The maximum absolute atomic E-state index is 12.9. The van der Waals surface area contributed by atoms with E-state index in [1.807, 2.05) is 27.2 Å². The molecule has 0 aromatic carbocycles. The van der Waals surface area contributed by atoms with E-state index in [0.717, 1.165) is 51.4 Å². The largest absolute Gasteiger partial charge is 0.756 e. The highest BCUT2D eigenvalue weighted by Gasteiger charge is 2.23. The fourth-order valence-corrected chi connectivity index (χ4v) is 9.17. The molecule has 0 fully saturated rings. The number of quaternary nitrogens is 1. The number of amides is 1. The molecule has 2 N–H and O–H groups in total. The number of phosphoric acid groups is 1. The zero-order valence-corrected chi connectivity index (χ0v) is 44.9. The summed E-state index contributed by atoms with van der Waals surface area (Å²) >= 11 is 0. The molecule has 0 aromatic heterocycles. The quantitative estimate of drug-likeness (QED) is 0.0272. The van der Waals surface area contributed by atoms with Gasteiger partial charge in [0.2, 0.25) is 5.91 Å². The minimum absolute atomic E-state index is 0.00130. The Morgan fingerprint density at radius 3 is 1.23 bits per heavy atom. The Bertz CT molecular complexity index is 1110. The van der Waals surface area contributed by atoms with Gasteiger partial charge in [-0.05, 0) is 44.9 Å². The summed E-state index contributed by atoms with van der Waals surface area (Å²) in [5.41, 5.74) is 0. The second-order valence-corrected chi connectivity index (χ2v) is 22.1. The molecule has 1 amide bonds. The van der Waals surface area contributed by atoms with E-state index in [4.69, 9.17) is 9.05 Å². The molecule has 0 bridgehead atoms. The van der Waals surface area contributed by atoms with Crippen molar-refractivity contribution in [2.24, 2.45) is 0 Å². The van der Waals surface area contributed by atoms with Gasteiger partial charge in [0.1, 0.15) is 13.2 Å². The Morgan fingerprint density at radius 2 is 0.846 bits per heavy atom. The summed E-state index contributed by atoms with van der Waals surface area (Å²) in [5, 5.41) is 13.8. The highest BCUT2D eigenvalue weighted by Crippen LogP contribution is 2.38. The topological polar surface area (TPSA) is 108 Å². The number of hydrogen-bond donors (Lipinski definition) is 2. The third-order valence-corrected chi connectivity index (χ3v) is 13.9. The second kappa shape index (κ2) is 48.0. The molecule has 3 unspecified atom stereocenters. The normalized spacial score (nSPS) is 14.1. The molecule has 0 radical (unpaired) electrons. The number of carbonyl (C=O) groups excluding carboxylic acids is 1. The minimum Gasteiger partial charge on any atom is -0.756 e. The molecule has 386 valence electrons. The lowest BCUT2D eigenvalue weighted by atomic mass is 10.0. The summed E-state index contributed by atoms with van der Waals surface area (Å²) < 4.78 is 23.3. The lowest BCUT2D eigenvalue weighted by Gasteiger charge is -2.29. The van der Waals surface area contributed by atoms with Crippen LogP contribution in [0.3, 0.4) is 0 Å². The van der Waals surface area contributed by atoms with Crippen molar-refractivity contribution < 1.29 is 32.9 Å². The van der Waals surface area contributed by atoms with Crippen molar-refractivity contribution in [1.82, 2.24) is 5.32 Å². The molecule has 0 aliphatic carbocycles. The molecule has 0 aliphatic rings. The van der Waals surface area contributed by atoms with Crippen molar-refractivity contribution in [2.45, 2.75) is 289 Å². The van der Waals surface area contributed by atoms with Crippen LogP contribution in [0.4, 0.5) is 0 Å². The first-order chi connectivity index (χ1) is 31.5. The monoisotopic (exact) mass is 939 g/mol. The van der Waals surface area contributed by atoms with E-state index in [2.05, 4.69) is 31.3 Å². The van der Waals surface area contributed by atoms with Crippen LogP contribution in [0.1, 0.15) is 277 Å². The maximum atomic E-state index is 12.9. The number of nitrogens with one attached hydrogen (secondary N) is 1. The SMILES string of the molecule is CCCCC/C=C\CCCCCCCC(=O)NC(COP(=O)([O-])OCC[N+](C)(C)C)C(O)/C=C/CCCCCCCCCCCCCCCCCCCCCCCCCCCCCCC. The van der Waals surface area contributed by atoms with Crippen LogP contribution >= 0.6 is 7.82 Å². The van der Waals surface area contributed by atoms with Gasteiger partial charge in [-0.3, -0.25) is 9.36 Å². The van der Waals surface area contributed by atoms with Crippen LogP contribution in [0.2, 0.25) is 0 Å². The molecule has 65 heavy (non-hydrogen) atoms. The number of likely N-dealkylation sites (N-methyl/N-ethyl adjacent to an activating group) is 1. The van der Waals surface area contributed by atoms with Crippen LogP contribution in [-0.2, 0) is 18.4 Å². The molecule has 0 heterocycles. The summed E-state index contributed by atoms with van der Waals surface area (Å²) in [4.78, 5) is 25.4. The van der Waals surface area contributed by atoms with E-state index < -0.39 is 20.0 Å². The summed E-state index contributed by atoms with van der Waals surface area (Å²) in [7, 11) is 1.26. The van der Waals surface area contributed by atoms with E-state index in [9.17, 15) is 19.4 Å². The van der Waals surface area contributed by atoms with Crippen LogP contribution in [0.5, 0.6) is 0 Å². The maximum Gasteiger partial charge on any atom is 0.268 e. The van der Waals surface area contributed by atoms with E-state index in [1.54, 1.807) is 6.08 Å².